The maximum absolute atomic E-state index is 12.1. The molecule has 0 radical (unpaired) electrons. The zero-order valence-corrected chi connectivity index (χ0v) is 14.8. The number of hydrogen-bond donors (Lipinski definition) is 2. The van der Waals surface area contributed by atoms with Gasteiger partial charge in [0.15, 0.2) is 0 Å². The van der Waals surface area contributed by atoms with Crippen LogP contribution in [0.25, 0.3) is 10.9 Å². The van der Waals surface area contributed by atoms with Crippen LogP contribution >= 0.6 is 11.8 Å². The molecule has 0 aliphatic rings. The number of nitrogens with one attached hydrogen (secondary N) is 1. The Hall–Kier alpha value is -2.86. The molecule has 1 heterocycles. The van der Waals surface area contributed by atoms with E-state index in [0.29, 0.717) is 0 Å². The maximum Gasteiger partial charge on any atom is 0.327 e. The van der Waals surface area contributed by atoms with Gasteiger partial charge in [0, 0.05) is 11.1 Å². The van der Waals surface area contributed by atoms with Crippen molar-refractivity contribution in [1.82, 2.24) is 10.3 Å². The van der Waals surface area contributed by atoms with Crippen molar-refractivity contribution >= 4 is 34.5 Å². The van der Waals surface area contributed by atoms with Gasteiger partial charge in [-0.15, -0.1) is 11.8 Å². The molecule has 2 N–H and O–H groups in total. The number of benzene rings is 2. The van der Waals surface area contributed by atoms with Gasteiger partial charge in [0.2, 0.25) is 5.91 Å². The minimum Gasteiger partial charge on any atom is -0.480 e. The Morgan fingerprint density at radius 2 is 1.73 bits per heavy atom. The molecule has 3 aromatic rings. The van der Waals surface area contributed by atoms with Crippen LogP contribution in [0.4, 0.5) is 0 Å². The van der Waals surface area contributed by atoms with Gasteiger partial charge in [0.25, 0.3) is 0 Å². The molecule has 0 aliphatic heterocycles. The van der Waals surface area contributed by atoms with Crippen molar-refractivity contribution in [3.63, 3.8) is 0 Å². The Kier molecular flexibility index (Phi) is 5.86. The molecule has 0 fully saturated rings. The van der Waals surface area contributed by atoms with E-state index >= 15 is 0 Å². The number of para-hydroxylation sites is 1. The van der Waals surface area contributed by atoms with Gasteiger partial charge in [-0.25, -0.2) is 9.78 Å². The molecule has 0 spiro atoms. The van der Waals surface area contributed by atoms with Gasteiger partial charge in [0.05, 0.1) is 17.0 Å². The van der Waals surface area contributed by atoms with Crippen molar-refractivity contribution in [1.29, 1.82) is 0 Å². The molecule has 5 nitrogen and oxygen atoms in total. The standard InChI is InChI=1S/C20H18N2O3S/c23-18(12-14-6-2-1-3-7-14)21-17(20(24)25)13-26-19-11-10-15-8-4-5-9-16(15)22-19/h1-11,17H,12-13H2,(H,21,23)(H,24,25)/t17-/m0/s1. The number of fused-ring (bicyclic) bond motifs is 1. The van der Waals surface area contributed by atoms with Crippen LogP contribution in [0.2, 0.25) is 0 Å². The summed E-state index contributed by atoms with van der Waals surface area (Å²) in [4.78, 5) is 28.1. The van der Waals surface area contributed by atoms with E-state index in [-0.39, 0.29) is 18.1 Å². The van der Waals surface area contributed by atoms with Gasteiger partial charge in [-0.05, 0) is 17.7 Å². The summed E-state index contributed by atoms with van der Waals surface area (Å²) in [6.45, 7) is 0. The zero-order chi connectivity index (χ0) is 18.4. The number of pyridine rings is 1. The highest BCUT2D eigenvalue weighted by Gasteiger charge is 2.20. The summed E-state index contributed by atoms with van der Waals surface area (Å²) < 4.78 is 0. The smallest absolute Gasteiger partial charge is 0.327 e. The predicted octanol–water partition coefficient (Wildman–Crippen LogP) is 3.14. The van der Waals surface area contributed by atoms with E-state index in [1.54, 1.807) is 0 Å². The number of carboxylic acids is 1. The molecule has 0 saturated heterocycles. The Morgan fingerprint density at radius 3 is 2.50 bits per heavy atom. The first-order chi connectivity index (χ1) is 12.6. The highest BCUT2D eigenvalue weighted by Crippen LogP contribution is 2.20. The monoisotopic (exact) mass is 366 g/mol. The SMILES string of the molecule is O=C(Cc1ccccc1)N[C@@H](CSc1ccc2ccccc2n1)C(=O)O. The average Bonchev–Trinajstić information content (AvgIpc) is 2.65. The van der Waals surface area contributed by atoms with Gasteiger partial charge in [-0.2, -0.15) is 0 Å². The van der Waals surface area contributed by atoms with Crippen molar-refractivity contribution in [2.24, 2.45) is 0 Å². The lowest BCUT2D eigenvalue weighted by molar-refractivity contribution is -0.141. The topological polar surface area (TPSA) is 79.3 Å². The van der Waals surface area contributed by atoms with Crippen LogP contribution in [0, 0.1) is 0 Å². The largest absolute Gasteiger partial charge is 0.480 e. The van der Waals surface area contributed by atoms with Crippen molar-refractivity contribution in [3.05, 3.63) is 72.3 Å². The van der Waals surface area contributed by atoms with E-state index in [1.165, 1.54) is 11.8 Å². The fraction of sp³-hybridized carbons (Fsp3) is 0.150. The number of aromatic nitrogens is 1. The zero-order valence-electron chi connectivity index (χ0n) is 14.0. The third-order valence-corrected chi connectivity index (χ3v) is 4.83. The van der Waals surface area contributed by atoms with E-state index in [0.717, 1.165) is 21.5 Å². The molecule has 1 atom stereocenters. The van der Waals surface area contributed by atoms with E-state index in [1.807, 2.05) is 66.7 Å². The summed E-state index contributed by atoms with van der Waals surface area (Å²) in [6.07, 6.45) is 0.156. The number of nitrogens with zero attached hydrogens (tertiary/aromatic N) is 1. The molecule has 0 bridgehead atoms. The number of carbonyl (C=O) groups is 2. The van der Waals surface area contributed by atoms with Gasteiger partial charge in [0.1, 0.15) is 6.04 Å². The second kappa shape index (κ2) is 8.49. The van der Waals surface area contributed by atoms with E-state index < -0.39 is 12.0 Å². The van der Waals surface area contributed by atoms with E-state index in [2.05, 4.69) is 10.3 Å². The number of hydrogen-bond acceptors (Lipinski definition) is 4. The summed E-state index contributed by atoms with van der Waals surface area (Å²) in [6, 6.07) is 19.8. The van der Waals surface area contributed by atoms with Crippen molar-refractivity contribution in [2.75, 3.05) is 5.75 Å². The molecule has 0 saturated carbocycles. The quantitative estimate of drug-likeness (QED) is 0.628. The lowest BCUT2D eigenvalue weighted by Crippen LogP contribution is -2.43. The Balaban J connectivity index is 1.60. The third-order valence-electron chi connectivity index (χ3n) is 3.81. The number of thioether (sulfide) groups is 1. The molecule has 3 rings (SSSR count). The third kappa shape index (κ3) is 4.83. The first kappa shape index (κ1) is 17.9. The van der Waals surface area contributed by atoms with Crippen LogP contribution in [-0.4, -0.2) is 33.8 Å². The predicted molar refractivity (Wildman–Crippen MR) is 102 cm³/mol. The van der Waals surface area contributed by atoms with Gasteiger partial charge in [-0.3, -0.25) is 4.79 Å². The summed E-state index contributed by atoms with van der Waals surface area (Å²) in [5.41, 5.74) is 1.70. The molecule has 2 aromatic carbocycles. The number of carboxylic acid groups (broad SMARTS) is 1. The summed E-state index contributed by atoms with van der Waals surface area (Å²) in [5, 5.41) is 13.7. The second-order valence-corrected chi connectivity index (χ2v) is 6.81. The van der Waals surface area contributed by atoms with Crippen LogP contribution in [0.1, 0.15) is 5.56 Å². The van der Waals surface area contributed by atoms with Crippen molar-refractivity contribution in [2.45, 2.75) is 17.5 Å². The van der Waals surface area contributed by atoms with Crippen molar-refractivity contribution < 1.29 is 14.7 Å². The van der Waals surface area contributed by atoms with Gasteiger partial charge < -0.3 is 10.4 Å². The van der Waals surface area contributed by atoms with E-state index in [9.17, 15) is 14.7 Å². The molecule has 26 heavy (non-hydrogen) atoms. The molecular formula is C20H18N2O3S. The molecule has 6 heteroatoms. The lowest BCUT2D eigenvalue weighted by Gasteiger charge is -2.14. The van der Waals surface area contributed by atoms with Gasteiger partial charge in [-0.1, -0.05) is 54.6 Å². The maximum atomic E-state index is 12.1. The minimum atomic E-state index is -1.06. The highest BCUT2D eigenvalue weighted by molar-refractivity contribution is 7.99. The minimum absolute atomic E-state index is 0.156. The first-order valence-corrected chi connectivity index (χ1v) is 9.15. The van der Waals surface area contributed by atoms with Crippen LogP contribution in [0.5, 0.6) is 0 Å². The number of amides is 1. The first-order valence-electron chi connectivity index (χ1n) is 8.16. The molecule has 132 valence electrons. The summed E-state index contributed by atoms with van der Waals surface area (Å²) in [5.74, 6) is -1.16. The Labute approximate surface area is 155 Å². The number of carbonyl (C=O) groups excluding carboxylic acids is 1. The van der Waals surface area contributed by atoms with Crippen LogP contribution < -0.4 is 5.32 Å². The number of rotatable bonds is 7. The van der Waals surface area contributed by atoms with Crippen LogP contribution in [0.3, 0.4) is 0 Å². The molecule has 0 unspecified atom stereocenters. The van der Waals surface area contributed by atoms with Crippen molar-refractivity contribution in [3.8, 4) is 0 Å². The fourth-order valence-corrected chi connectivity index (χ4v) is 3.39. The Morgan fingerprint density at radius 1 is 1.00 bits per heavy atom. The van der Waals surface area contributed by atoms with E-state index in [4.69, 9.17) is 0 Å². The average molecular weight is 366 g/mol. The highest BCUT2D eigenvalue weighted by atomic mass is 32.2. The molecule has 1 aromatic heterocycles. The summed E-state index contributed by atoms with van der Waals surface area (Å²) >= 11 is 1.31. The lowest BCUT2D eigenvalue weighted by atomic mass is 10.1. The molecule has 1 amide bonds. The second-order valence-electron chi connectivity index (χ2n) is 5.77. The van der Waals surface area contributed by atoms with Crippen LogP contribution in [0.15, 0.2) is 71.8 Å². The molecular weight excluding hydrogens is 348 g/mol. The summed E-state index contributed by atoms with van der Waals surface area (Å²) in [7, 11) is 0. The van der Waals surface area contributed by atoms with Gasteiger partial charge >= 0.3 is 5.97 Å². The number of aliphatic carboxylic acids is 1. The Bertz CT molecular complexity index is 915. The fourth-order valence-electron chi connectivity index (χ4n) is 2.50. The van der Waals surface area contributed by atoms with Crippen LogP contribution in [-0.2, 0) is 16.0 Å². The normalized spacial score (nSPS) is 11.8. The molecule has 0 aliphatic carbocycles.